The average Bonchev–Trinajstić information content (AvgIpc) is 0.782. The maximum Gasteiger partial charge on any atom is 0.480 e. The number of carbonyl (C=O) groups excluding carboxylic acids is 1. The van der Waals surface area contributed by atoms with Crippen molar-refractivity contribution >= 4 is 116 Å². The molecule has 110 heavy (non-hydrogen) atoms. The summed E-state index contributed by atoms with van der Waals surface area (Å²) in [5, 5.41) is 3.17. The molecule has 0 aromatic rings. The van der Waals surface area contributed by atoms with E-state index in [1.807, 2.05) is 0 Å². The molecule has 1 amide bonds. The lowest BCUT2D eigenvalue weighted by Gasteiger charge is -2.45. The van der Waals surface area contributed by atoms with Crippen molar-refractivity contribution in [1.82, 2.24) is 5.32 Å². The van der Waals surface area contributed by atoms with Gasteiger partial charge in [0.05, 0.1) is 0 Å². The molecule has 0 heterocycles. The first-order chi connectivity index (χ1) is 51.1. The fourth-order valence-electron chi connectivity index (χ4n) is 14.8. The molecule has 0 aromatic carbocycles. The van der Waals surface area contributed by atoms with Gasteiger partial charge >= 0.3 is 35.2 Å². The maximum atomic E-state index is 12.9. The predicted octanol–water partition coefficient (Wildman–Crippen LogP) is 29.3. The van der Waals surface area contributed by atoms with Crippen LogP contribution in [0.4, 0.5) is 0 Å². The zero-order valence-corrected chi connectivity index (χ0v) is 91.6. The van der Waals surface area contributed by atoms with E-state index < -0.39 is 110 Å². The van der Waals surface area contributed by atoms with Crippen molar-refractivity contribution < 1.29 is 55.1 Å². The van der Waals surface area contributed by atoms with Crippen LogP contribution in [0.5, 0.6) is 0 Å². The molecule has 658 valence electrons. The Bertz CT molecular complexity index is 1990. The van der Waals surface area contributed by atoms with Gasteiger partial charge in [-0.25, -0.2) is 0 Å². The fraction of sp³-hybridized carbons (Fsp3) is 0.964. The van der Waals surface area contributed by atoms with Crippen LogP contribution in [0.15, 0.2) is 12.7 Å². The van der Waals surface area contributed by atoms with Crippen molar-refractivity contribution in [3.8, 4) is 0 Å². The molecule has 14 nitrogen and oxygen atoms in total. The molecule has 1 N–H and O–H groups in total. The fourth-order valence-corrected chi connectivity index (χ4v) is 64.4. The zero-order valence-electron chi connectivity index (χ0n) is 78.6. The summed E-state index contributed by atoms with van der Waals surface area (Å²) in [4.78, 5) is 12.9. The van der Waals surface area contributed by atoms with Gasteiger partial charge in [0.25, 0.3) is 0 Å². The number of hydrogen-bond donors (Lipinski definition) is 1. The van der Waals surface area contributed by atoms with Gasteiger partial charge in [0, 0.05) is 50.5 Å². The molecule has 0 spiro atoms. The quantitative estimate of drug-likeness (QED) is 0.0351. The van der Waals surface area contributed by atoms with E-state index in [2.05, 4.69) is 190 Å². The number of hydrogen-bond acceptors (Lipinski definition) is 13. The van der Waals surface area contributed by atoms with E-state index >= 15 is 0 Å². The SMILES string of the molecule is C=CC(=O)NCC[Si](O[Si](C)(C)CCCCCCCCCC[Si](OCCCCCCCC)(O[Si](C)(C)C)O[Si](C)(C)C)(O[Si](C)(C)CCCCCCCCCC[Si](OCCCCCCCC)(O[Si](C)(C)C)O[Si](C)(C)C)O[Si](C)(C)CCCCCCCCCC[Si](OCCCCCCCC)(O[Si](C)(C)C)O[Si](C)(C)C. The van der Waals surface area contributed by atoms with Gasteiger partial charge in [-0.1, -0.05) is 258 Å². The summed E-state index contributed by atoms with van der Waals surface area (Å²) < 4.78 is 86.1. The van der Waals surface area contributed by atoms with Crippen LogP contribution < -0.4 is 5.32 Å². The van der Waals surface area contributed by atoms with Gasteiger partial charge < -0.3 is 55.6 Å². The van der Waals surface area contributed by atoms with Crippen LogP contribution in [0.3, 0.4) is 0 Å². The molecule has 0 unspecified atom stereocenters. The highest BCUT2D eigenvalue weighted by Crippen LogP contribution is 2.37. The van der Waals surface area contributed by atoms with E-state index in [0.717, 1.165) is 114 Å². The average molecular weight is 1780 g/mol. The van der Waals surface area contributed by atoms with Crippen LogP contribution in [0.2, 0.25) is 199 Å². The second-order valence-corrected chi connectivity index (χ2v) is 93.8. The molecule has 0 fully saturated rings. The van der Waals surface area contributed by atoms with Crippen molar-refractivity contribution in [3.05, 3.63) is 12.7 Å². The third-order valence-electron chi connectivity index (χ3n) is 19.5. The third kappa shape index (κ3) is 66.3. The number of carbonyl (C=O) groups is 1. The molecule has 0 atom stereocenters. The Morgan fingerprint density at radius 3 is 0.609 bits per heavy atom. The topological polar surface area (TPSA) is 140 Å². The monoisotopic (exact) mass is 1770 g/mol. The minimum atomic E-state index is -3.36. The van der Waals surface area contributed by atoms with Crippen LogP contribution in [-0.2, 0) is 55.1 Å². The Hall–Kier alpha value is 1.55. The molecule has 0 saturated heterocycles. The standard InChI is InChI=1S/C83H191NO13Si13/c1-29-33-36-39-54-63-73-86-107(89-98(5,6)7,90-99(8,9)10)79-69-60-51-45-42-48-57-66-76-104(23,24)95-110(82-72-84-83(85)32-4,96-105(25,26)77-67-58-49-43-46-52-61-70-80-108(91-100(11,12)13,92-101(14,15)16)87-74-64-55-40-37-34-30-2)97-106(27,28)78-68-59-50-44-47-53-62-71-81-109(93-102(17,18)19,94-103(20,21)22)88-75-65-56-41-38-35-31-3/h32H,4,29-31,33-82H2,1-3,5-28H3,(H,84,85). The molecular formula is C83H191NO13Si13. The van der Waals surface area contributed by atoms with Gasteiger partial charge in [-0.05, 0) is 220 Å². The van der Waals surface area contributed by atoms with E-state index in [9.17, 15) is 4.79 Å². The van der Waals surface area contributed by atoms with Gasteiger partial charge in [0.1, 0.15) is 0 Å². The van der Waals surface area contributed by atoms with E-state index in [1.54, 1.807) is 0 Å². The minimum Gasteiger partial charge on any atom is -0.417 e. The van der Waals surface area contributed by atoms with Crippen molar-refractivity contribution in [3.63, 3.8) is 0 Å². The largest absolute Gasteiger partial charge is 0.480 e. The number of unbranched alkanes of at least 4 members (excludes halogenated alkanes) is 36. The van der Waals surface area contributed by atoms with Gasteiger partial charge in [-0.2, -0.15) is 0 Å². The molecule has 0 bridgehead atoms. The lowest BCUT2D eigenvalue weighted by molar-refractivity contribution is -0.116. The second kappa shape index (κ2) is 59.3. The smallest absolute Gasteiger partial charge is 0.417 e. The molecule has 0 aromatic heterocycles. The zero-order chi connectivity index (χ0) is 83.5. The molecule has 0 aliphatic carbocycles. The molecule has 0 rings (SSSR count). The van der Waals surface area contributed by atoms with Crippen molar-refractivity contribution in [2.24, 2.45) is 0 Å². The summed E-state index contributed by atoms with van der Waals surface area (Å²) in [6.07, 6.45) is 52.9. The number of amides is 1. The highest BCUT2D eigenvalue weighted by Gasteiger charge is 2.54. The third-order valence-corrected chi connectivity index (χ3v) is 62.4. The molecule has 0 aliphatic heterocycles. The van der Waals surface area contributed by atoms with E-state index in [1.165, 1.54) is 218 Å². The van der Waals surface area contributed by atoms with E-state index in [0.29, 0.717) is 12.6 Å². The molecule has 0 radical (unpaired) electrons. The van der Waals surface area contributed by atoms with Crippen LogP contribution >= 0.6 is 0 Å². The number of rotatable bonds is 79. The van der Waals surface area contributed by atoms with E-state index in [-0.39, 0.29) is 5.91 Å². The van der Waals surface area contributed by atoms with Gasteiger partial charge in [-0.3, -0.25) is 4.79 Å². The molecular weight excluding hydrogens is 1580 g/mol. The highest BCUT2D eigenvalue weighted by molar-refractivity contribution is 6.91. The van der Waals surface area contributed by atoms with Crippen molar-refractivity contribution in [2.75, 3.05) is 26.4 Å². The Kier molecular flexibility index (Phi) is 60.2. The summed E-state index contributed by atoms with van der Waals surface area (Å²) in [7, 11) is -30.2. The van der Waals surface area contributed by atoms with Crippen LogP contribution in [0.1, 0.15) is 290 Å². The Morgan fingerprint density at radius 2 is 0.418 bits per heavy atom. The number of nitrogens with one attached hydrogen (secondary N) is 1. The predicted molar refractivity (Wildman–Crippen MR) is 511 cm³/mol. The summed E-state index contributed by atoms with van der Waals surface area (Å²) in [5.74, 6) is -0.155. The van der Waals surface area contributed by atoms with Gasteiger partial charge in [-0.15, -0.1) is 0 Å². The first-order valence-corrected chi connectivity index (χ1v) is 83.8. The Labute approximate surface area is 700 Å². The maximum absolute atomic E-state index is 12.9. The normalized spacial score (nSPS) is 13.8. The Balaban J connectivity index is 6.36. The van der Waals surface area contributed by atoms with E-state index in [4.69, 9.17) is 50.3 Å². The van der Waals surface area contributed by atoms with Crippen LogP contribution in [0, 0.1) is 0 Å². The van der Waals surface area contributed by atoms with Crippen molar-refractivity contribution in [2.45, 2.75) is 490 Å². The highest BCUT2D eigenvalue weighted by atomic mass is 28.5. The first kappa shape index (κ1) is 112. The molecule has 0 aliphatic rings. The Morgan fingerprint density at radius 1 is 0.236 bits per heavy atom. The van der Waals surface area contributed by atoms with Gasteiger partial charge in [0.15, 0.2) is 74.9 Å². The molecule has 0 saturated carbocycles. The lowest BCUT2D eigenvalue weighted by Crippen LogP contribution is -2.62. The minimum absolute atomic E-state index is 0.155. The summed E-state index contributed by atoms with van der Waals surface area (Å²) in [6, 6.07) is 6.60. The second-order valence-electron chi connectivity index (χ2n) is 40.7. The first-order valence-electron chi connectivity index (χ1n) is 46.3. The lowest BCUT2D eigenvalue weighted by atomic mass is 10.1. The summed E-state index contributed by atoms with van der Waals surface area (Å²) in [5.41, 5.74) is 0. The summed E-state index contributed by atoms with van der Waals surface area (Å²) >= 11 is 0. The van der Waals surface area contributed by atoms with Gasteiger partial charge in [0.2, 0.25) is 5.91 Å². The van der Waals surface area contributed by atoms with Crippen LogP contribution in [-0.4, -0.2) is 142 Å². The summed E-state index contributed by atoms with van der Waals surface area (Å²) in [6.45, 7) is 69.3. The van der Waals surface area contributed by atoms with Crippen molar-refractivity contribution in [1.29, 1.82) is 0 Å². The van der Waals surface area contributed by atoms with Crippen LogP contribution in [0.25, 0.3) is 0 Å². The molecule has 27 heteroatoms.